The molecule has 0 unspecified atom stereocenters. The first-order chi connectivity index (χ1) is 15.2. The van der Waals surface area contributed by atoms with Crippen LogP contribution in [0.15, 0.2) is 72.1 Å². The number of hydrogen-bond donors (Lipinski definition) is 2. The number of aromatic nitrogens is 3. The smallest absolute Gasteiger partial charge is 0.241 e. The molecule has 0 spiro atoms. The van der Waals surface area contributed by atoms with E-state index in [2.05, 4.69) is 37.8 Å². The van der Waals surface area contributed by atoms with Gasteiger partial charge in [0, 0.05) is 57.9 Å². The standard InChI is InChI=1S/C23H29N7O.HI/c1-24-23(27-17-22(31)29(2)15-11-21-10-5-6-12-25-21)26-16-19-8-3-4-9-20(19)18-30-14-7-13-28-30;/h3-10,12-14H,11,15-18H2,1-2H3,(H2,24,26,27);1H. The Hall–Kier alpha value is -2.95. The number of pyridine rings is 1. The molecule has 0 saturated heterocycles. The Morgan fingerprint density at radius 1 is 1.06 bits per heavy atom. The van der Waals surface area contributed by atoms with Crippen LogP contribution in [0, 0.1) is 0 Å². The highest BCUT2D eigenvalue weighted by Gasteiger charge is 2.10. The van der Waals surface area contributed by atoms with Gasteiger partial charge in [-0.1, -0.05) is 30.3 Å². The number of carbonyl (C=O) groups excluding carboxylic acids is 1. The predicted octanol–water partition coefficient (Wildman–Crippen LogP) is 2.31. The lowest BCUT2D eigenvalue weighted by Crippen LogP contribution is -2.43. The summed E-state index contributed by atoms with van der Waals surface area (Å²) in [6, 6.07) is 15.9. The zero-order chi connectivity index (χ0) is 21.9. The topological polar surface area (TPSA) is 87.4 Å². The van der Waals surface area contributed by atoms with Crippen LogP contribution in [0.5, 0.6) is 0 Å². The first-order valence-electron chi connectivity index (χ1n) is 10.3. The molecular weight excluding hydrogens is 517 g/mol. The van der Waals surface area contributed by atoms with E-state index in [0.29, 0.717) is 25.6 Å². The largest absolute Gasteiger partial charge is 0.352 e. The van der Waals surface area contributed by atoms with Crippen molar-refractivity contribution in [2.24, 2.45) is 4.99 Å². The predicted molar refractivity (Wildman–Crippen MR) is 137 cm³/mol. The second-order valence-corrected chi connectivity index (χ2v) is 7.14. The summed E-state index contributed by atoms with van der Waals surface area (Å²) in [5.74, 6) is 0.582. The van der Waals surface area contributed by atoms with Gasteiger partial charge in [-0.2, -0.15) is 5.10 Å². The minimum atomic E-state index is -0.00189. The zero-order valence-electron chi connectivity index (χ0n) is 18.4. The Morgan fingerprint density at radius 3 is 2.53 bits per heavy atom. The quantitative estimate of drug-likeness (QED) is 0.244. The van der Waals surface area contributed by atoms with Crippen LogP contribution in [0.25, 0.3) is 0 Å². The van der Waals surface area contributed by atoms with Gasteiger partial charge >= 0.3 is 0 Å². The van der Waals surface area contributed by atoms with Crippen molar-refractivity contribution >= 4 is 35.8 Å². The minimum absolute atomic E-state index is 0. The first kappa shape index (κ1) is 25.3. The number of halogens is 1. The highest BCUT2D eigenvalue weighted by molar-refractivity contribution is 14.0. The fourth-order valence-corrected chi connectivity index (χ4v) is 3.10. The van der Waals surface area contributed by atoms with Crippen LogP contribution in [0.2, 0.25) is 0 Å². The van der Waals surface area contributed by atoms with E-state index in [0.717, 1.165) is 17.7 Å². The van der Waals surface area contributed by atoms with Crippen molar-refractivity contribution in [2.75, 3.05) is 27.2 Å². The van der Waals surface area contributed by atoms with Gasteiger partial charge in [-0.15, -0.1) is 24.0 Å². The van der Waals surface area contributed by atoms with Crippen molar-refractivity contribution < 1.29 is 4.79 Å². The summed E-state index contributed by atoms with van der Waals surface area (Å²) in [5.41, 5.74) is 3.31. The summed E-state index contributed by atoms with van der Waals surface area (Å²) < 4.78 is 1.89. The monoisotopic (exact) mass is 547 g/mol. The second kappa shape index (κ2) is 13.5. The van der Waals surface area contributed by atoms with Crippen molar-refractivity contribution in [3.63, 3.8) is 0 Å². The number of nitrogens with zero attached hydrogens (tertiary/aromatic N) is 5. The van der Waals surface area contributed by atoms with Gasteiger partial charge in [-0.05, 0) is 29.3 Å². The average Bonchev–Trinajstić information content (AvgIpc) is 3.32. The van der Waals surface area contributed by atoms with E-state index in [4.69, 9.17) is 0 Å². The number of guanidine groups is 1. The summed E-state index contributed by atoms with van der Waals surface area (Å²) in [6.07, 6.45) is 6.21. The van der Waals surface area contributed by atoms with Crippen LogP contribution in [0.3, 0.4) is 0 Å². The molecule has 170 valence electrons. The number of carbonyl (C=O) groups is 1. The normalized spacial score (nSPS) is 10.9. The number of benzene rings is 1. The molecule has 1 aromatic carbocycles. The van der Waals surface area contributed by atoms with Crippen molar-refractivity contribution in [1.82, 2.24) is 30.3 Å². The van der Waals surface area contributed by atoms with Crippen LogP contribution in [-0.4, -0.2) is 58.7 Å². The van der Waals surface area contributed by atoms with Gasteiger partial charge < -0.3 is 15.5 Å². The number of hydrogen-bond acceptors (Lipinski definition) is 4. The van der Waals surface area contributed by atoms with Gasteiger partial charge in [0.1, 0.15) is 0 Å². The van der Waals surface area contributed by atoms with Gasteiger partial charge in [0.25, 0.3) is 0 Å². The van der Waals surface area contributed by atoms with Gasteiger partial charge in [-0.25, -0.2) is 0 Å². The molecule has 0 aliphatic heterocycles. The fraction of sp³-hybridized carbons (Fsp3) is 0.304. The molecule has 1 amide bonds. The summed E-state index contributed by atoms with van der Waals surface area (Å²) in [6.45, 7) is 2.09. The number of likely N-dealkylation sites (N-methyl/N-ethyl adjacent to an activating group) is 1. The van der Waals surface area contributed by atoms with Gasteiger partial charge in [0.05, 0.1) is 13.1 Å². The average molecular weight is 547 g/mol. The Balaban J connectivity index is 0.00000363. The van der Waals surface area contributed by atoms with Crippen molar-refractivity contribution in [3.8, 4) is 0 Å². The number of nitrogens with one attached hydrogen (secondary N) is 2. The Morgan fingerprint density at radius 2 is 1.84 bits per heavy atom. The zero-order valence-corrected chi connectivity index (χ0v) is 20.8. The Labute approximate surface area is 206 Å². The maximum atomic E-state index is 12.4. The molecule has 0 radical (unpaired) electrons. The van der Waals surface area contributed by atoms with Crippen LogP contribution in [-0.2, 0) is 24.3 Å². The fourth-order valence-electron chi connectivity index (χ4n) is 3.10. The second-order valence-electron chi connectivity index (χ2n) is 7.14. The Bertz CT molecular complexity index is 977. The van der Waals surface area contributed by atoms with Crippen LogP contribution in [0.4, 0.5) is 0 Å². The molecule has 0 saturated carbocycles. The lowest BCUT2D eigenvalue weighted by molar-refractivity contribution is -0.128. The maximum absolute atomic E-state index is 12.4. The highest BCUT2D eigenvalue weighted by atomic mass is 127. The molecule has 0 fully saturated rings. The van der Waals surface area contributed by atoms with Crippen LogP contribution >= 0.6 is 24.0 Å². The van der Waals surface area contributed by atoms with Crippen molar-refractivity contribution in [1.29, 1.82) is 0 Å². The van der Waals surface area contributed by atoms with E-state index in [1.807, 2.05) is 47.3 Å². The van der Waals surface area contributed by atoms with E-state index in [-0.39, 0.29) is 36.4 Å². The van der Waals surface area contributed by atoms with Gasteiger partial charge in [-0.3, -0.25) is 19.5 Å². The molecule has 2 heterocycles. The summed E-state index contributed by atoms with van der Waals surface area (Å²) in [4.78, 5) is 22.7. The third kappa shape index (κ3) is 7.95. The first-order valence-corrected chi connectivity index (χ1v) is 10.3. The van der Waals surface area contributed by atoms with E-state index in [1.165, 1.54) is 5.56 Å². The third-order valence-corrected chi connectivity index (χ3v) is 4.94. The molecule has 9 heteroatoms. The molecule has 8 nitrogen and oxygen atoms in total. The molecule has 0 atom stereocenters. The van der Waals surface area contributed by atoms with E-state index >= 15 is 0 Å². The van der Waals surface area contributed by atoms with E-state index < -0.39 is 0 Å². The molecule has 2 N–H and O–H groups in total. The third-order valence-electron chi connectivity index (χ3n) is 4.94. The van der Waals surface area contributed by atoms with E-state index in [1.54, 1.807) is 31.4 Å². The number of rotatable bonds is 9. The molecule has 3 rings (SSSR count). The number of aliphatic imine (C=N–C) groups is 1. The Kier molecular flexibility index (Phi) is 10.6. The van der Waals surface area contributed by atoms with Gasteiger partial charge in [0.15, 0.2) is 5.96 Å². The van der Waals surface area contributed by atoms with E-state index in [9.17, 15) is 4.79 Å². The van der Waals surface area contributed by atoms with Crippen molar-refractivity contribution in [2.45, 2.75) is 19.5 Å². The van der Waals surface area contributed by atoms with Crippen LogP contribution in [0.1, 0.15) is 16.8 Å². The van der Waals surface area contributed by atoms with Crippen LogP contribution < -0.4 is 10.6 Å². The lowest BCUT2D eigenvalue weighted by atomic mass is 10.1. The summed E-state index contributed by atoms with van der Waals surface area (Å²) in [7, 11) is 3.49. The van der Waals surface area contributed by atoms with Gasteiger partial charge in [0.2, 0.25) is 5.91 Å². The molecule has 0 bridgehead atoms. The maximum Gasteiger partial charge on any atom is 0.241 e. The number of amides is 1. The molecule has 0 aliphatic rings. The summed E-state index contributed by atoms with van der Waals surface area (Å²) >= 11 is 0. The lowest BCUT2D eigenvalue weighted by Gasteiger charge is -2.19. The molecule has 2 aromatic heterocycles. The van der Waals surface area contributed by atoms with Crippen molar-refractivity contribution in [3.05, 3.63) is 83.9 Å². The molecule has 3 aromatic rings. The molecule has 0 aliphatic carbocycles. The molecule has 32 heavy (non-hydrogen) atoms. The SMILES string of the molecule is CN=C(NCC(=O)N(C)CCc1ccccn1)NCc1ccccc1Cn1cccn1.I. The summed E-state index contributed by atoms with van der Waals surface area (Å²) in [5, 5.41) is 10.7. The molecular formula is C23H30IN7O. The highest BCUT2D eigenvalue weighted by Crippen LogP contribution is 2.10. The minimum Gasteiger partial charge on any atom is -0.352 e.